The van der Waals surface area contributed by atoms with E-state index in [0.717, 1.165) is 22.3 Å². The zero-order valence-corrected chi connectivity index (χ0v) is 16.7. The first-order valence-electron chi connectivity index (χ1n) is 10.4. The SMILES string of the molecule is O[C@H]1[C@H](NCc2cc(-c3ccccc3)no2)[C@H]2CO[C@H](O2)[C@@H]1n1cnc2ccccc21. The average Bonchev–Trinajstić information content (AvgIpc) is 3.55. The number of hydrogen-bond acceptors (Lipinski definition) is 7. The average molecular weight is 418 g/mol. The van der Waals surface area contributed by atoms with Gasteiger partial charge < -0.3 is 29.0 Å². The van der Waals surface area contributed by atoms with Crippen molar-refractivity contribution in [3.05, 3.63) is 72.8 Å². The van der Waals surface area contributed by atoms with E-state index in [1.807, 2.05) is 65.2 Å². The van der Waals surface area contributed by atoms with Crippen molar-refractivity contribution in [2.45, 2.75) is 37.1 Å². The van der Waals surface area contributed by atoms with E-state index in [9.17, 15) is 5.11 Å². The number of aromatic nitrogens is 3. The third-order valence-electron chi connectivity index (χ3n) is 6.07. The molecular formula is C23H22N4O4. The number of ether oxygens (including phenoxy) is 2. The van der Waals surface area contributed by atoms with Gasteiger partial charge in [-0.25, -0.2) is 4.98 Å². The van der Waals surface area contributed by atoms with Crippen LogP contribution in [-0.2, 0) is 16.0 Å². The van der Waals surface area contributed by atoms with Crippen molar-refractivity contribution in [2.24, 2.45) is 0 Å². The topological polar surface area (TPSA) is 94.6 Å². The molecule has 0 saturated carbocycles. The van der Waals surface area contributed by atoms with Crippen molar-refractivity contribution in [1.29, 1.82) is 0 Å². The standard InChI is InChI=1S/C23H22N4O4/c28-22-20(24-11-15-10-17(26-31-15)14-6-2-1-3-7-14)19-12-29-23(30-19)21(22)27-13-25-16-8-4-5-9-18(16)27/h1-10,13,19-24,28H,11-12H2/t19-,20-,21-,22+,23-/m1/s1. The van der Waals surface area contributed by atoms with Gasteiger partial charge in [0, 0.05) is 11.6 Å². The molecule has 8 heteroatoms. The van der Waals surface area contributed by atoms with Crippen molar-refractivity contribution < 1.29 is 19.1 Å². The molecule has 6 rings (SSSR count). The van der Waals surface area contributed by atoms with Crippen LogP contribution in [0.1, 0.15) is 11.8 Å². The monoisotopic (exact) mass is 418 g/mol. The number of imidazole rings is 1. The molecule has 4 aromatic rings. The number of benzene rings is 2. The van der Waals surface area contributed by atoms with Crippen LogP contribution in [0.4, 0.5) is 0 Å². The minimum absolute atomic E-state index is 0.234. The number of fused-ring (bicyclic) bond motifs is 3. The van der Waals surface area contributed by atoms with Crippen LogP contribution < -0.4 is 5.32 Å². The number of aliphatic hydroxyl groups excluding tert-OH is 1. The van der Waals surface area contributed by atoms with E-state index in [2.05, 4.69) is 15.5 Å². The molecule has 2 bridgehead atoms. The van der Waals surface area contributed by atoms with E-state index in [4.69, 9.17) is 14.0 Å². The third-order valence-corrected chi connectivity index (χ3v) is 6.07. The van der Waals surface area contributed by atoms with Crippen molar-refractivity contribution in [1.82, 2.24) is 20.0 Å². The number of para-hydroxylation sites is 2. The van der Waals surface area contributed by atoms with Crippen molar-refractivity contribution >= 4 is 11.0 Å². The van der Waals surface area contributed by atoms with Gasteiger partial charge in [-0.05, 0) is 12.1 Å². The van der Waals surface area contributed by atoms with Gasteiger partial charge in [-0.15, -0.1) is 0 Å². The lowest BCUT2D eigenvalue weighted by Crippen LogP contribution is -2.57. The molecule has 2 aliphatic heterocycles. The molecule has 2 aromatic carbocycles. The zero-order valence-electron chi connectivity index (χ0n) is 16.7. The summed E-state index contributed by atoms with van der Waals surface area (Å²) in [4.78, 5) is 4.46. The zero-order chi connectivity index (χ0) is 20.8. The van der Waals surface area contributed by atoms with E-state index < -0.39 is 18.4 Å². The van der Waals surface area contributed by atoms with Crippen molar-refractivity contribution in [2.75, 3.05) is 6.61 Å². The van der Waals surface area contributed by atoms with Gasteiger partial charge in [-0.1, -0.05) is 47.6 Å². The maximum absolute atomic E-state index is 11.3. The summed E-state index contributed by atoms with van der Waals surface area (Å²) in [5.41, 5.74) is 3.59. The molecule has 0 spiro atoms. The fourth-order valence-electron chi connectivity index (χ4n) is 4.52. The summed E-state index contributed by atoms with van der Waals surface area (Å²) in [6, 6.07) is 18.9. The van der Waals surface area contributed by atoms with E-state index in [0.29, 0.717) is 18.9 Å². The summed E-state index contributed by atoms with van der Waals surface area (Å²) in [7, 11) is 0. The van der Waals surface area contributed by atoms with Crippen LogP contribution in [-0.4, -0.2) is 51.0 Å². The molecule has 0 unspecified atom stereocenters. The largest absolute Gasteiger partial charge is 0.389 e. The Morgan fingerprint density at radius 1 is 1.10 bits per heavy atom. The van der Waals surface area contributed by atoms with E-state index in [-0.39, 0.29) is 12.1 Å². The highest BCUT2D eigenvalue weighted by atomic mass is 16.7. The summed E-state index contributed by atoms with van der Waals surface area (Å²) in [6.45, 7) is 0.845. The van der Waals surface area contributed by atoms with Crippen molar-refractivity contribution in [3.8, 4) is 11.3 Å². The second kappa shape index (κ2) is 7.58. The Bertz CT molecular complexity index is 1190. The first kappa shape index (κ1) is 18.7. The normalized spacial score (nSPS) is 27.7. The Labute approximate surface area is 178 Å². The van der Waals surface area contributed by atoms with Crippen LogP contribution in [0.25, 0.3) is 22.3 Å². The molecule has 5 atom stereocenters. The molecule has 31 heavy (non-hydrogen) atoms. The summed E-state index contributed by atoms with van der Waals surface area (Å²) in [6.07, 6.45) is 0.275. The summed E-state index contributed by atoms with van der Waals surface area (Å²) >= 11 is 0. The van der Waals surface area contributed by atoms with Gasteiger partial charge in [0.15, 0.2) is 12.1 Å². The van der Waals surface area contributed by atoms with Gasteiger partial charge in [0.25, 0.3) is 0 Å². The predicted molar refractivity (Wildman–Crippen MR) is 112 cm³/mol. The van der Waals surface area contributed by atoms with Gasteiger partial charge in [0.05, 0.1) is 42.7 Å². The molecule has 0 aliphatic carbocycles. The Morgan fingerprint density at radius 3 is 2.84 bits per heavy atom. The maximum Gasteiger partial charge on any atom is 0.181 e. The molecule has 2 aliphatic rings. The fraction of sp³-hybridized carbons (Fsp3) is 0.304. The highest BCUT2D eigenvalue weighted by Crippen LogP contribution is 2.37. The van der Waals surface area contributed by atoms with Crippen LogP contribution >= 0.6 is 0 Å². The highest BCUT2D eigenvalue weighted by Gasteiger charge is 2.51. The van der Waals surface area contributed by atoms with Crippen molar-refractivity contribution in [3.63, 3.8) is 0 Å². The minimum Gasteiger partial charge on any atom is -0.389 e. The smallest absolute Gasteiger partial charge is 0.181 e. The minimum atomic E-state index is -0.722. The van der Waals surface area contributed by atoms with Crippen LogP contribution in [0.3, 0.4) is 0 Å². The number of nitrogens with zero attached hydrogens (tertiary/aromatic N) is 3. The molecule has 2 aromatic heterocycles. The molecule has 0 radical (unpaired) electrons. The number of nitrogens with one attached hydrogen (secondary N) is 1. The molecule has 4 heterocycles. The second-order valence-electron chi connectivity index (χ2n) is 7.95. The fourth-order valence-corrected chi connectivity index (χ4v) is 4.52. The molecule has 2 N–H and O–H groups in total. The van der Waals surface area contributed by atoms with Crippen LogP contribution in [0.5, 0.6) is 0 Å². The highest BCUT2D eigenvalue weighted by molar-refractivity contribution is 5.75. The molecule has 8 nitrogen and oxygen atoms in total. The predicted octanol–water partition coefficient (Wildman–Crippen LogP) is 2.51. The summed E-state index contributed by atoms with van der Waals surface area (Å²) < 4.78 is 19.4. The molecule has 0 amide bonds. The maximum atomic E-state index is 11.3. The Balaban J connectivity index is 1.22. The lowest BCUT2D eigenvalue weighted by molar-refractivity contribution is -0.164. The lowest BCUT2D eigenvalue weighted by atomic mass is 9.95. The Kier molecular flexibility index (Phi) is 4.57. The van der Waals surface area contributed by atoms with Gasteiger partial charge >= 0.3 is 0 Å². The Morgan fingerprint density at radius 2 is 1.94 bits per heavy atom. The van der Waals surface area contributed by atoms with Gasteiger partial charge in [0.1, 0.15) is 17.8 Å². The van der Waals surface area contributed by atoms with Gasteiger partial charge in [0.2, 0.25) is 0 Å². The Hall–Kier alpha value is -3.04. The van der Waals surface area contributed by atoms with Crippen LogP contribution in [0.15, 0.2) is 71.5 Å². The second-order valence-corrected chi connectivity index (χ2v) is 7.95. The van der Waals surface area contributed by atoms with Gasteiger partial charge in [-0.2, -0.15) is 0 Å². The number of hydrogen-bond donors (Lipinski definition) is 2. The summed E-state index contributed by atoms with van der Waals surface area (Å²) in [5, 5.41) is 18.8. The van der Waals surface area contributed by atoms with E-state index >= 15 is 0 Å². The van der Waals surface area contributed by atoms with E-state index in [1.54, 1.807) is 6.33 Å². The van der Waals surface area contributed by atoms with Gasteiger partial charge in [-0.3, -0.25) is 0 Å². The van der Waals surface area contributed by atoms with Crippen LogP contribution in [0.2, 0.25) is 0 Å². The first-order chi connectivity index (χ1) is 15.3. The first-order valence-corrected chi connectivity index (χ1v) is 10.4. The quantitative estimate of drug-likeness (QED) is 0.514. The number of rotatable bonds is 5. The van der Waals surface area contributed by atoms with E-state index in [1.165, 1.54) is 0 Å². The van der Waals surface area contributed by atoms with Crippen LogP contribution in [0, 0.1) is 0 Å². The third kappa shape index (κ3) is 3.24. The number of aliphatic hydroxyl groups is 1. The molecule has 2 fully saturated rings. The molecule has 158 valence electrons. The lowest BCUT2D eigenvalue weighted by Gasteiger charge is -2.39. The summed E-state index contributed by atoms with van der Waals surface area (Å²) in [5.74, 6) is 0.691. The molecule has 2 saturated heterocycles. The molecular weight excluding hydrogens is 396 g/mol.